The first-order valence-electron chi connectivity index (χ1n) is 10.2. The first-order chi connectivity index (χ1) is 13.1. The number of likely N-dealkylation sites (tertiary alicyclic amines) is 1. The number of fused-ring (bicyclic) bond motifs is 1. The molecule has 0 radical (unpaired) electrons. The number of amides is 1. The summed E-state index contributed by atoms with van der Waals surface area (Å²) in [5, 5.41) is 1.80. The van der Waals surface area contributed by atoms with Gasteiger partial charge in [-0.05, 0) is 37.3 Å². The van der Waals surface area contributed by atoms with E-state index in [4.69, 9.17) is 10.2 Å². The highest BCUT2D eigenvalue weighted by Crippen LogP contribution is 2.36. The Labute approximate surface area is 178 Å². The molecule has 1 amide bonds. The average molecular weight is 423 g/mol. The summed E-state index contributed by atoms with van der Waals surface area (Å²) >= 11 is 2.00. The van der Waals surface area contributed by atoms with E-state index in [1.807, 2.05) is 34.9 Å². The number of carbonyl (C=O) groups excluding carboxylic acids is 1. The van der Waals surface area contributed by atoms with Crippen LogP contribution in [-0.4, -0.2) is 35.7 Å². The number of para-hydroxylation sites is 1. The summed E-state index contributed by atoms with van der Waals surface area (Å²) in [6, 6.07) is 8.05. The molecule has 6 heteroatoms. The Bertz CT molecular complexity index is 818. The van der Waals surface area contributed by atoms with Gasteiger partial charge in [-0.25, -0.2) is 0 Å². The van der Waals surface area contributed by atoms with Crippen molar-refractivity contribution in [1.29, 1.82) is 0 Å². The molecule has 4 nitrogen and oxygen atoms in total. The molecule has 1 aliphatic carbocycles. The van der Waals surface area contributed by atoms with E-state index in [-0.39, 0.29) is 23.7 Å². The molecule has 2 fully saturated rings. The summed E-state index contributed by atoms with van der Waals surface area (Å²) in [7, 11) is 0. The molecule has 2 aromatic rings. The highest BCUT2D eigenvalue weighted by molar-refractivity contribution is 7.99. The standard InChI is InChI=1S/C22H30N2O2S.ClH/c1-22(14-23)11-12-24(15-22)21(25)20-18(13-27-16-7-3-2-4-8-16)17-9-5-6-10-19(17)26-20;/h5-6,9-10,16H,2-4,7-8,11-15,23H2,1H3;1H. The Morgan fingerprint density at radius 2 is 2.04 bits per heavy atom. The zero-order chi connectivity index (χ0) is 18.9. The van der Waals surface area contributed by atoms with E-state index in [0.717, 1.165) is 35.3 Å². The Balaban J connectivity index is 0.00000225. The maximum Gasteiger partial charge on any atom is 0.289 e. The van der Waals surface area contributed by atoms with Gasteiger partial charge in [-0.1, -0.05) is 44.4 Å². The minimum atomic E-state index is 0. The third-order valence-electron chi connectivity index (χ3n) is 6.25. The predicted molar refractivity (Wildman–Crippen MR) is 119 cm³/mol. The summed E-state index contributed by atoms with van der Waals surface area (Å²) < 4.78 is 6.08. The highest BCUT2D eigenvalue weighted by Gasteiger charge is 2.37. The van der Waals surface area contributed by atoms with Crippen molar-refractivity contribution in [2.24, 2.45) is 11.1 Å². The zero-order valence-electron chi connectivity index (χ0n) is 16.6. The van der Waals surface area contributed by atoms with Crippen molar-refractivity contribution in [1.82, 2.24) is 4.90 Å². The first kappa shape index (κ1) is 21.5. The number of nitrogens with zero attached hydrogens (tertiary/aromatic N) is 1. The SMILES string of the molecule is CC1(CN)CCN(C(=O)c2oc3ccccc3c2CSC2CCCCC2)C1.Cl. The minimum absolute atomic E-state index is 0. The molecule has 1 aromatic heterocycles. The number of carbonyl (C=O) groups is 1. The van der Waals surface area contributed by atoms with Gasteiger partial charge in [0.2, 0.25) is 0 Å². The van der Waals surface area contributed by atoms with Gasteiger partial charge in [0.15, 0.2) is 5.76 Å². The van der Waals surface area contributed by atoms with E-state index in [1.54, 1.807) is 0 Å². The van der Waals surface area contributed by atoms with E-state index < -0.39 is 0 Å². The summed E-state index contributed by atoms with van der Waals surface area (Å²) in [5.74, 6) is 1.42. The fourth-order valence-corrected chi connectivity index (χ4v) is 5.71. The Morgan fingerprint density at radius 1 is 1.29 bits per heavy atom. The van der Waals surface area contributed by atoms with Crippen LogP contribution in [0.5, 0.6) is 0 Å². The van der Waals surface area contributed by atoms with E-state index in [0.29, 0.717) is 24.1 Å². The molecule has 1 unspecified atom stereocenters. The van der Waals surface area contributed by atoms with Gasteiger partial charge in [-0.15, -0.1) is 12.4 Å². The minimum Gasteiger partial charge on any atom is -0.451 e. The summed E-state index contributed by atoms with van der Waals surface area (Å²) in [6.45, 7) is 4.26. The molecule has 1 saturated heterocycles. The second-order valence-corrected chi connectivity index (χ2v) is 9.76. The molecule has 0 spiro atoms. The molecule has 1 aliphatic heterocycles. The van der Waals surface area contributed by atoms with E-state index in [1.165, 1.54) is 32.1 Å². The number of rotatable bonds is 5. The van der Waals surface area contributed by atoms with Gasteiger partial charge in [-0.2, -0.15) is 11.8 Å². The fourth-order valence-electron chi connectivity index (χ4n) is 4.36. The van der Waals surface area contributed by atoms with Gasteiger partial charge < -0.3 is 15.1 Å². The number of nitrogens with two attached hydrogens (primary N) is 1. The van der Waals surface area contributed by atoms with Crippen LogP contribution in [0.2, 0.25) is 0 Å². The van der Waals surface area contributed by atoms with E-state index in [2.05, 4.69) is 13.0 Å². The normalized spacial score (nSPS) is 23.1. The number of hydrogen-bond acceptors (Lipinski definition) is 4. The molecule has 4 rings (SSSR count). The van der Waals surface area contributed by atoms with Gasteiger partial charge in [0.05, 0.1) is 0 Å². The largest absolute Gasteiger partial charge is 0.451 e. The van der Waals surface area contributed by atoms with Crippen molar-refractivity contribution in [3.05, 3.63) is 35.6 Å². The van der Waals surface area contributed by atoms with Crippen molar-refractivity contribution in [2.45, 2.75) is 56.5 Å². The first-order valence-corrected chi connectivity index (χ1v) is 11.3. The van der Waals surface area contributed by atoms with Crippen molar-refractivity contribution in [3.63, 3.8) is 0 Å². The Hall–Kier alpha value is -1.17. The van der Waals surface area contributed by atoms with Crippen LogP contribution in [0.4, 0.5) is 0 Å². The lowest BCUT2D eigenvalue weighted by molar-refractivity contribution is 0.0746. The Kier molecular flexibility index (Phi) is 7.00. The number of furan rings is 1. The zero-order valence-corrected chi connectivity index (χ0v) is 18.2. The van der Waals surface area contributed by atoms with Gasteiger partial charge in [-0.3, -0.25) is 4.79 Å². The van der Waals surface area contributed by atoms with Gasteiger partial charge in [0.1, 0.15) is 5.58 Å². The fraction of sp³-hybridized carbons (Fsp3) is 0.591. The summed E-state index contributed by atoms with van der Waals surface area (Å²) in [6.07, 6.45) is 7.59. The summed E-state index contributed by atoms with van der Waals surface area (Å²) in [4.78, 5) is 15.2. The molecule has 154 valence electrons. The van der Waals surface area contributed by atoms with Gasteiger partial charge in [0, 0.05) is 35.0 Å². The quantitative estimate of drug-likeness (QED) is 0.716. The van der Waals surface area contributed by atoms with Crippen molar-refractivity contribution in [2.75, 3.05) is 19.6 Å². The monoisotopic (exact) mass is 422 g/mol. The molecule has 1 saturated carbocycles. The number of hydrogen-bond donors (Lipinski definition) is 1. The lowest BCUT2D eigenvalue weighted by Crippen LogP contribution is -2.34. The van der Waals surface area contributed by atoms with E-state index >= 15 is 0 Å². The van der Waals surface area contributed by atoms with Gasteiger partial charge >= 0.3 is 0 Å². The molecule has 0 bridgehead atoms. The van der Waals surface area contributed by atoms with Crippen molar-refractivity contribution >= 4 is 41.0 Å². The number of benzene rings is 1. The van der Waals surface area contributed by atoms with Crippen LogP contribution in [0.15, 0.2) is 28.7 Å². The Morgan fingerprint density at radius 3 is 2.75 bits per heavy atom. The van der Waals surface area contributed by atoms with Crippen molar-refractivity contribution < 1.29 is 9.21 Å². The topological polar surface area (TPSA) is 59.5 Å². The van der Waals surface area contributed by atoms with Crippen LogP contribution in [0, 0.1) is 5.41 Å². The van der Waals surface area contributed by atoms with Gasteiger partial charge in [0.25, 0.3) is 5.91 Å². The van der Waals surface area contributed by atoms with Crippen LogP contribution in [0.3, 0.4) is 0 Å². The maximum absolute atomic E-state index is 13.3. The molecular formula is C22H31ClN2O2S. The maximum atomic E-state index is 13.3. The summed E-state index contributed by atoms with van der Waals surface area (Å²) in [5.41, 5.74) is 7.85. The van der Waals surface area contributed by atoms with E-state index in [9.17, 15) is 4.79 Å². The molecule has 28 heavy (non-hydrogen) atoms. The molecule has 2 N–H and O–H groups in total. The second kappa shape index (κ2) is 9.10. The molecular weight excluding hydrogens is 392 g/mol. The van der Waals surface area contributed by atoms with Crippen LogP contribution in [0.25, 0.3) is 11.0 Å². The molecule has 1 atom stereocenters. The third kappa shape index (κ3) is 4.37. The second-order valence-electron chi connectivity index (χ2n) is 8.47. The van der Waals surface area contributed by atoms with Crippen LogP contribution in [0.1, 0.15) is 61.6 Å². The lowest BCUT2D eigenvalue weighted by Gasteiger charge is -2.23. The molecule has 2 heterocycles. The number of thioether (sulfide) groups is 1. The van der Waals surface area contributed by atoms with Crippen LogP contribution < -0.4 is 5.73 Å². The third-order valence-corrected chi connectivity index (χ3v) is 7.64. The predicted octanol–water partition coefficient (Wildman–Crippen LogP) is 5.23. The number of halogens is 1. The lowest BCUT2D eigenvalue weighted by atomic mass is 9.90. The van der Waals surface area contributed by atoms with Crippen molar-refractivity contribution in [3.8, 4) is 0 Å². The molecule has 1 aromatic carbocycles. The highest BCUT2D eigenvalue weighted by atomic mass is 35.5. The van der Waals surface area contributed by atoms with Crippen LogP contribution in [-0.2, 0) is 5.75 Å². The molecule has 2 aliphatic rings. The average Bonchev–Trinajstić information content (AvgIpc) is 3.28. The van der Waals surface area contributed by atoms with Crippen LogP contribution >= 0.6 is 24.2 Å². The smallest absolute Gasteiger partial charge is 0.289 e.